The van der Waals surface area contributed by atoms with Gasteiger partial charge < -0.3 is 4.90 Å². The Morgan fingerprint density at radius 3 is 2.00 bits per heavy atom. The van der Waals surface area contributed by atoms with Crippen LogP contribution in [0, 0.1) is 0 Å². The number of benzene rings is 2. The molecule has 2 aromatic rings. The summed E-state index contributed by atoms with van der Waals surface area (Å²) in [6.07, 6.45) is 0. The number of carbonyl (C=O) groups excluding carboxylic acids is 1. The lowest BCUT2D eigenvalue weighted by Crippen LogP contribution is -2.57. The van der Waals surface area contributed by atoms with Gasteiger partial charge >= 0.3 is 0 Å². The van der Waals surface area contributed by atoms with Gasteiger partial charge in [0.2, 0.25) is 10.0 Å². The first-order valence-corrected chi connectivity index (χ1v) is 12.4. The van der Waals surface area contributed by atoms with E-state index in [9.17, 15) is 13.2 Å². The molecule has 168 valence electrons. The molecule has 2 aromatic carbocycles. The van der Waals surface area contributed by atoms with Gasteiger partial charge in [-0.2, -0.15) is 4.31 Å². The summed E-state index contributed by atoms with van der Waals surface area (Å²) in [5, 5.41) is 0. The summed E-state index contributed by atoms with van der Waals surface area (Å²) < 4.78 is 26.8. The van der Waals surface area contributed by atoms with Crippen molar-refractivity contribution in [1.82, 2.24) is 14.1 Å². The molecule has 0 aromatic heterocycles. The van der Waals surface area contributed by atoms with Crippen molar-refractivity contribution in [3.8, 4) is 0 Å². The molecule has 2 unspecified atom stereocenters. The van der Waals surface area contributed by atoms with E-state index in [-0.39, 0.29) is 22.9 Å². The predicted octanol–water partition coefficient (Wildman–Crippen LogP) is 3.45. The monoisotopic (exact) mass is 443 g/mol. The van der Waals surface area contributed by atoms with Crippen molar-refractivity contribution in [3.05, 3.63) is 65.7 Å². The molecular weight excluding hydrogens is 410 g/mol. The Bertz CT molecular complexity index is 961. The number of hydrogen-bond acceptors (Lipinski definition) is 4. The van der Waals surface area contributed by atoms with Gasteiger partial charge in [0.15, 0.2) is 0 Å². The first kappa shape index (κ1) is 23.4. The third kappa shape index (κ3) is 5.17. The number of piperazine rings is 1. The lowest BCUT2D eigenvalue weighted by atomic mass is 10.0. The average molecular weight is 444 g/mol. The maximum atomic E-state index is 13.1. The molecule has 1 fully saturated rings. The molecule has 1 heterocycles. The Balaban J connectivity index is 1.69. The molecule has 0 saturated carbocycles. The summed E-state index contributed by atoms with van der Waals surface area (Å²) in [4.78, 5) is 17.6. The van der Waals surface area contributed by atoms with E-state index in [0.717, 1.165) is 6.54 Å². The molecule has 0 radical (unpaired) electrons. The largest absolute Gasteiger partial charge is 0.336 e. The Hall–Kier alpha value is -2.22. The Kier molecular flexibility index (Phi) is 7.51. The van der Waals surface area contributed by atoms with Crippen molar-refractivity contribution in [1.29, 1.82) is 0 Å². The zero-order valence-corrected chi connectivity index (χ0v) is 19.7. The van der Waals surface area contributed by atoms with E-state index in [1.54, 1.807) is 24.3 Å². The molecule has 0 bridgehead atoms. The second-order valence-electron chi connectivity index (χ2n) is 8.18. The fraction of sp³-hybridized carbons (Fsp3) is 0.458. The van der Waals surface area contributed by atoms with Gasteiger partial charge in [0, 0.05) is 50.4 Å². The third-order valence-corrected chi connectivity index (χ3v) is 8.11. The van der Waals surface area contributed by atoms with E-state index >= 15 is 0 Å². The summed E-state index contributed by atoms with van der Waals surface area (Å²) in [5.74, 6) is -0.0511. The Morgan fingerprint density at radius 1 is 0.935 bits per heavy atom. The molecule has 0 N–H and O–H groups in total. The number of amides is 1. The summed E-state index contributed by atoms with van der Waals surface area (Å²) >= 11 is 0. The van der Waals surface area contributed by atoms with Crippen LogP contribution < -0.4 is 0 Å². The van der Waals surface area contributed by atoms with Crippen molar-refractivity contribution in [2.24, 2.45) is 0 Å². The SMILES string of the molecule is CCN(CC)S(=O)(=O)c1ccc(C(=O)N2CC(C)N(Cc3ccccc3)C(C)C2)cc1. The lowest BCUT2D eigenvalue weighted by molar-refractivity contribution is 0.0269. The van der Waals surface area contributed by atoms with Crippen LogP contribution in [-0.4, -0.2) is 66.7 Å². The van der Waals surface area contributed by atoms with Gasteiger partial charge in [0.25, 0.3) is 5.91 Å². The van der Waals surface area contributed by atoms with E-state index < -0.39 is 10.0 Å². The van der Waals surface area contributed by atoms with Crippen LogP contribution >= 0.6 is 0 Å². The van der Waals surface area contributed by atoms with Crippen LogP contribution in [-0.2, 0) is 16.6 Å². The Labute approximate surface area is 186 Å². The minimum atomic E-state index is -3.52. The molecule has 3 rings (SSSR count). The molecule has 6 nitrogen and oxygen atoms in total. The smallest absolute Gasteiger partial charge is 0.253 e. The quantitative estimate of drug-likeness (QED) is 0.658. The molecule has 0 spiro atoms. The van der Waals surface area contributed by atoms with Gasteiger partial charge in [-0.1, -0.05) is 44.2 Å². The predicted molar refractivity (Wildman–Crippen MR) is 123 cm³/mol. The second-order valence-corrected chi connectivity index (χ2v) is 10.1. The van der Waals surface area contributed by atoms with Crippen LogP contribution in [0.3, 0.4) is 0 Å². The molecule has 2 atom stereocenters. The van der Waals surface area contributed by atoms with Crippen LogP contribution in [0.4, 0.5) is 0 Å². The molecule has 1 aliphatic rings. The van der Waals surface area contributed by atoms with Crippen LogP contribution in [0.2, 0.25) is 0 Å². The molecule has 7 heteroatoms. The molecule has 1 saturated heterocycles. The molecular formula is C24H33N3O3S. The minimum absolute atomic E-state index is 0.0511. The lowest BCUT2D eigenvalue weighted by Gasteiger charge is -2.44. The van der Waals surface area contributed by atoms with E-state index in [4.69, 9.17) is 0 Å². The fourth-order valence-corrected chi connectivity index (χ4v) is 5.75. The van der Waals surface area contributed by atoms with Gasteiger partial charge in [-0.05, 0) is 43.7 Å². The number of nitrogens with zero attached hydrogens (tertiary/aromatic N) is 3. The molecule has 1 aliphatic heterocycles. The second kappa shape index (κ2) is 9.94. The zero-order chi connectivity index (χ0) is 22.6. The number of sulfonamides is 1. The van der Waals surface area contributed by atoms with Gasteiger partial charge in [-0.15, -0.1) is 0 Å². The van der Waals surface area contributed by atoms with Gasteiger partial charge in [0.1, 0.15) is 0 Å². The molecule has 31 heavy (non-hydrogen) atoms. The minimum Gasteiger partial charge on any atom is -0.336 e. The first-order chi connectivity index (χ1) is 14.8. The van der Waals surface area contributed by atoms with E-state index in [2.05, 4.69) is 43.0 Å². The van der Waals surface area contributed by atoms with E-state index in [0.29, 0.717) is 31.7 Å². The maximum absolute atomic E-state index is 13.1. The number of hydrogen-bond donors (Lipinski definition) is 0. The van der Waals surface area contributed by atoms with E-state index in [1.165, 1.54) is 9.87 Å². The summed E-state index contributed by atoms with van der Waals surface area (Å²) in [6, 6.07) is 17.2. The standard InChI is InChI=1S/C24H33N3O3S/c1-5-26(6-2)31(29,30)23-14-12-22(13-15-23)24(28)25-16-19(3)27(20(4)17-25)18-21-10-8-7-9-11-21/h7-15,19-20H,5-6,16-18H2,1-4H3. The highest BCUT2D eigenvalue weighted by Gasteiger charge is 2.32. The van der Waals surface area contributed by atoms with Crippen LogP contribution in [0.5, 0.6) is 0 Å². The van der Waals surface area contributed by atoms with Crippen LogP contribution in [0.15, 0.2) is 59.5 Å². The topological polar surface area (TPSA) is 60.9 Å². The highest BCUT2D eigenvalue weighted by molar-refractivity contribution is 7.89. The molecule has 1 amide bonds. The van der Waals surface area contributed by atoms with Crippen molar-refractivity contribution >= 4 is 15.9 Å². The van der Waals surface area contributed by atoms with Crippen LogP contribution in [0.25, 0.3) is 0 Å². The summed E-state index contributed by atoms with van der Waals surface area (Å²) in [5.41, 5.74) is 1.79. The van der Waals surface area contributed by atoms with Crippen molar-refractivity contribution in [2.75, 3.05) is 26.2 Å². The van der Waals surface area contributed by atoms with Gasteiger partial charge in [-0.25, -0.2) is 8.42 Å². The average Bonchev–Trinajstić information content (AvgIpc) is 2.77. The van der Waals surface area contributed by atoms with Crippen molar-refractivity contribution in [2.45, 2.75) is 51.2 Å². The van der Waals surface area contributed by atoms with Crippen molar-refractivity contribution < 1.29 is 13.2 Å². The summed E-state index contributed by atoms with van der Waals surface area (Å²) in [6.45, 7) is 10.9. The number of carbonyl (C=O) groups is 1. The maximum Gasteiger partial charge on any atom is 0.253 e. The highest BCUT2D eigenvalue weighted by Crippen LogP contribution is 2.22. The fourth-order valence-electron chi connectivity index (χ4n) is 4.29. The Morgan fingerprint density at radius 2 is 1.48 bits per heavy atom. The van der Waals surface area contributed by atoms with Gasteiger partial charge in [0.05, 0.1) is 4.90 Å². The van der Waals surface area contributed by atoms with Crippen LogP contribution in [0.1, 0.15) is 43.6 Å². The van der Waals surface area contributed by atoms with Crippen molar-refractivity contribution in [3.63, 3.8) is 0 Å². The first-order valence-electron chi connectivity index (χ1n) is 11.0. The summed E-state index contributed by atoms with van der Waals surface area (Å²) in [7, 11) is -3.52. The van der Waals surface area contributed by atoms with Gasteiger partial charge in [-0.3, -0.25) is 9.69 Å². The third-order valence-electron chi connectivity index (χ3n) is 6.04. The molecule has 0 aliphatic carbocycles. The van der Waals surface area contributed by atoms with E-state index in [1.807, 2.05) is 24.8 Å². The highest BCUT2D eigenvalue weighted by atomic mass is 32.2. The zero-order valence-electron chi connectivity index (χ0n) is 18.9. The normalized spacial score (nSPS) is 20.2. The number of rotatable bonds is 7.